The Hall–Kier alpha value is -2.15. The number of β-amino-alcohol motifs (C(OH)–C–C–N with tert-alkyl or cyclic N) is 1. The summed E-state index contributed by atoms with van der Waals surface area (Å²) in [5.41, 5.74) is 0.0931. The highest BCUT2D eigenvalue weighted by atomic mass is 19.1. The van der Waals surface area contributed by atoms with E-state index in [1.807, 2.05) is 0 Å². The highest BCUT2D eigenvalue weighted by Crippen LogP contribution is 2.24. The van der Waals surface area contributed by atoms with Gasteiger partial charge in [0.1, 0.15) is 11.9 Å². The highest BCUT2D eigenvalue weighted by molar-refractivity contribution is 5.95. The van der Waals surface area contributed by atoms with Gasteiger partial charge in [-0.25, -0.2) is 14.0 Å². The molecular formula is C14H17FN2O4. The maximum Gasteiger partial charge on any atom is 0.326 e. The molecule has 0 saturated carbocycles. The molecule has 1 fully saturated rings. The monoisotopic (exact) mass is 296 g/mol. The van der Waals surface area contributed by atoms with Gasteiger partial charge in [-0.15, -0.1) is 0 Å². The summed E-state index contributed by atoms with van der Waals surface area (Å²) in [5.74, 6) is -1.73. The van der Waals surface area contributed by atoms with E-state index >= 15 is 0 Å². The lowest BCUT2D eigenvalue weighted by molar-refractivity contribution is -0.141. The van der Waals surface area contributed by atoms with Crippen molar-refractivity contribution in [3.05, 3.63) is 30.1 Å². The number of urea groups is 1. The highest BCUT2D eigenvalue weighted by Gasteiger charge is 2.40. The third-order valence-electron chi connectivity index (χ3n) is 3.50. The summed E-state index contributed by atoms with van der Waals surface area (Å²) >= 11 is 0. The van der Waals surface area contributed by atoms with E-state index in [9.17, 15) is 19.1 Å². The molecule has 1 aliphatic heterocycles. The number of amides is 2. The molecule has 1 heterocycles. The zero-order chi connectivity index (χ0) is 15.6. The molecule has 0 aromatic heterocycles. The fraction of sp³-hybridized carbons (Fsp3) is 0.429. The van der Waals surface area contributed by atoms with Crippen molar-refractivity contribution in [2.24, 2.45) is 0 Å². The van der Waals surface area contributed by atoms with E-state index in [0.29, 0.717) is 0 Å². The predicted octanol–water partition coefficient (Wildman–Crippen LogP) is 1.29. The van der Waals surface area contributed by atoms with Gasteiger partial charge in [-0.2, -0.15) is 0 Å². The molecule has 0 aliphatic carbocycles. The lowest BCUT2D eigenvalue weighted by Gasteiger charge is -2.29. The van der Waals surface area contributed by atoms with Crippen molar-refractivity contribution in [3.63, 3.8) is 0 Å². The topological polar surface area (TPSA) is 81.1 Å². The van der Waals surface area contributed by atoms with Crippen molar-refractivity contribution in [2.75, 3.05) is 18.0 Å². The van der Waals surface area contributed by atoms with E-state index in [1.54, 1.807) is 13.0 Å². The number of halogens is 1. The molecule has 0 unspecified atom stereocenters. The summed E-state index contributed by atoms with van der Waals surface area (Å²) in [6.07, 6.45) is -0.898. The minimum Gasteiger partial charge on any atom is -0.480 e. The van der Waals surface area contributed by atoms with Crippen molar-refractivity contribution < 1.29 is 24.2 Å². The van der Waals surface area contributed by atoms with Gasteiger partial charge in [0, 0.05) is 19.5 Å². The summed E-state index contributed by atoms with van der Waals surface area (Å²) in [7, 11) is 0. The van der Waals surface area contributed by atoms with E-state index in [0.717, 1.165) is 4.90 Å². The van der Waals surface area contributed by atoms with Crippen molar-refractivity contribution in [1.82, 2.24) is 4.90 Å². The van der Waals surface area contributed by atoms with Crippen LogP contribution in [0.4, 0.5) is 14.9 Å². The molecule has 1 saturated heterocycles. The second kappa shape index (κ2) is 6.09. The molecule has 0 radical (unpaired) electrons. The Morgan fingerprint density at radius 3 is 2.67 bits per heavy atom. The molecular weight excluding hydrogens is 279 g/mol. The zero-order valence-corrected chi connectivity index (χ0v) is 11.6. The number of benzene rings is 1. The van der Waals surface area contributed by atoms with E-state index < -0.39 is 30.0 Å². The molecule has 1 aliphatic rings. The van der Waals surface area contributed by atoms with Crippen LogP contribution in [0.5, 0.6) is 0 Å². The number of aliphatic hydroxyl groups excluding tert-OH is 1. The lowest BCUT2D eigenvalue weighted by atomic mass is 10.2. The van der Waals surface area contributed by atoms with Gasteiger partial charge in [-0.05, 0) is 19.1 Å². The molecule has 7 heteroatoms. The molecule has 21 heavy (non-hydrogen) atoms. The Bertz CT molecular complexity index is 552. The molecule has 6 nitrogen and oxygen atoms in total. The number of rotatable bonds is 3. The fourth-order valence-electron chi connectivity index (χ4n) is 2.49. The molecule has 1 aromatic rings. The van der Waals surface area contributed by atoms with Crippen LogP contribution in [-0.4, -0.2) is 52.3 Å². The van der Waals surface area contributed by atoms with Crippen molar-refractivity contribution in [2.45, 2.75) is 25.5 Å². The van der Waals surface area contributed by atoms with Crippen LogP contribution in [0.2, 0.25) is 0 Å². The minimum absolute atomic E-state index is 0.0180. The molecule has 2 atom stereocenters. The Morgan fingerprint density at radius 1 is 1.43 bits per heavy atom. The second-order valence-corrected chi connectivity index (χ2v) is 4.87. The number of carboxylic acid groups (broad SMARTS) is 1. The Morgan fingerprint density at radius 2 is 2.10 bits per heavy atom. The minimum atomic E-state index is -1.18. The van der Waals surface area contributed by atoms with Crippen molar-refractivity contribution in [3.8, 4) is 0 Å². The van der Waals surface area contributed by atoms with E-state index in [-0.39, 0.29) is 25.2 Å². The van der Waals surface area contributed by atoms with Gasteiger partial charge in [0.2, 0.25) is 0 Å². The number of carbonyl (C=O) groups excluding carboxylic acids is 1. The number of carbonyl (C=O) groups is 2. The first-order chi connectivity index (χ1) is 9.95. The summed E-state index contributed by atoms with van der Waals surface area (Å²) < 4.78 is 13.8. The maximum atomic E-state index is 13.8. The molecule has 2 amide bonds. The number of likely N-dealkylation sites (tertiary alicyclic amines) is 1. The number of nitrogens with zero attached hydrogens (tertiary/aromatic N) is 2. The van der Waals surface area contributed by atoms with Crippen LogP contribution >= 0.6 is 0 Å². The normalized spacial score (nSPS) is 21.4. The summed E-state index contributed by atoms with van der Waals surface area (Å²) in [4.78, 5) is 25.9. The van der Waals surface area contributed by atoms with Crippen LogP contribution in [-0.2, 0) is 4.79 Å². The lowest BCUT2D eigenvalue weighted by Crippen LogP contribution is -2.48. The number of carboxylic acids is 1. The number of hydrogen-bond donors (Lipinski definition) is 2. The molecule has 0 bridgehead atoms. The van der Waals surface area contributed by atoms with Gasteiger partial charge in [0.15, 0.2) is 0 Å². The van der Waals surface area contributed by atoms with Gasteiger partial charge in [-0.1, -0.05) is 12.1 Å². The van der Waals surface area contributed by atoms with Gasteiger partial charge in [-0.3, -0.25) is 4.90 Å². The largest absolute Gasteiger partial charge is 0.480 e. The van der Waals surface area contributed by atoms with Gasteiger partial charge < -0.3 is 15.1 Å². The Kier molecular flexibility index (Phi) is 4.42. The van der Waals surface area contributed by atoms with Crippen molar-refractivity contribution >= 4 is 17.7 Å². The fourth-order valence-corrected chi connectivity index (χ4v) is 2.49. The number of aliphatic hydroxyl groups is 1. The van der Waals surface area contributed by atoms with Gasteiger partial charge in [0.25, 0.3) is 0 Å². The SMILES string of the molecule is CCN(C(=O)N1C[C@@H](O)C[C@H]1C(=O)O)c1ccccc1F. The van der Waals surface area contributed by atoms with Crippen LogP contribution in [0.25, 0.3) is 0 Å². The average Bonchev–Trinajstić information content (AvgIpc) is 2.84. The second-order valence-electron chi connectivity index (χ2n) is 4.87. The summed E-state index contributed by atoms with van der Waals surface area (Å²) in [5, 5.41) is 18.7. The first kappa shape index (κ1) is 15.2. The van der Waals surface area contributed by atoms with Crippen LogP contribution < -0.4 is 4.90 Å². The average molecular weight is 296 g/mol. The maximum absolute atomic E-state index is 13.8. The number of para-hydroxylation sites is 1. The van der Waals surface area contributed by atoms with Crippen molar-refractivity contribution in [1.29, 1.82) is 0 Å². The van der Waals surface area contributed by atoms with Gasteiger partial charge in [0.05, 0.1) is 11.8 Å². The third kappa shape index (κ3) is 2.97. The third-order valence-corrected chi connectivity index (χ3v) is 3.50. The zero-order valence-electron chi connectivity index (χ0n) is 11.6. The predicted molar refractivity (Wildman–Crippen MR) is 73.6 cm³/mol. The van der Waals surface area contributed by atoms with Crippen LogP contribution in [0.1, 0.15) is 13.3 Å². The number of aliphatic carboxylic acids is 1. The molecule has 0 spiro atoms. The number of anilines is 1. The molecule has 114 valence electrons. The molecule has 2 rings (SSSR count). The first-order valence-corrected chi connectivity index (χ1v) is 6.69. The van der Waals surface area contributed by atoms with E-state index in [2.05, 4.69) is 0 Å². The standard InChI is InChI=1S/C14H17FN2O4/c1-2-16(11-6-4-3-5-10(11)15)14(21)17-8-9(18)7-12(17)13(19)20/h3-6,9,12,18H,2,7-8H2,1H3,(H,19,20)/t9-,12-/m0/s1. The number of hydrogen-bond acceptors (Lipinski definition) is 3. The van der Waals surface area contributed by atoms with E-state index in [4.69, 9.17) is 5.11 Å². The van der Waals surface area contributed by atoms with E-state index in [1.165, 1.54) is 23.1 Å². The first-order valence-electron chi connectivity index (χ1n) is 6.69. The Balaban J connectivity index is 2.28. The smallest absolute Gasteiger partial charge is 0.326 e. The summed E-state index contributed by atoms with van der Waals surface area (Å²) in [6, 6.07) is 4.09. The van der Waals surface area contributed by atoms with Gasteiger partial charge >= 0.3 is 12.0 Å². The van der Waals surface area contributed by atoms with Crippen LogP contribution in [0, 0.1) is 5.82 Å². The molecule has 2 N–H and O–H groups in total. The summed E-state index contributed by atoms with van der Waals surface area (Å²) in [6.45, 7) is 1.80. The van der Waals surface area contributed by atoms with Crippen LogP contribution in [0.3, 0.4) is 0 Å². The quantitative estimate of drug-likeness (QED) is 0.880. The van der Waals surface area contributed by atoms with Crippen LogP contribution in [0.15, 0.2) is 24.3 Å². The molecule has 1 aromatic carbocycles. The Labute approximate surface area is 121 Å².